The van der Waals surface area contributed by atoms with E-state index in [9.17, 15) is 4.79 Å². The summed E-state index contributed by atoms with van der Waals surface area (Å²) in [6, 6.07) is 16.9. The number of nitriles is 1. The molecule has 7 nitrogen and oxygen atoms in total. The van der Waals surface area contributed by atoms with Crippen LogP contribution in [0.2, 0.25) is 0 Å². The normalized spacial score (nSPS) is 14.1. The lowest BCUT2D eigenvalue weighted by atomic mass is 10.1. The number of aliphatic imine (C=N–C) groups is 1. The average molecular weight is 425 g/mol. The molecule has 0 spiro atoms. The zero-order valence-electron chi connectivity index (χ0n) is 17.9. The smallest absolute Gasteiger partial charge is 0.254 e. The Kier molecular flexibility index (Phi) is 6.24. The fourth-order valence-electron chi connectivity index (χ4n) is 3.61. The second-order valence-corrected chi connectivity index (χ2v) is 7.40. The zero-order chi connectivity index (χ0) is 22.5. The molecule has 0 saturated carbocycles. The van der Waals surface area contributed by atoms with Crippen molar-refractivity contribution >= 4 is 24.5 Å². The first-order valence-corrected chi connectivity index (χ1v) is 10.3. The molecule has 1 aromatic heterocycles. The minimum absolute atomic E-state index is 0.00509. The molecule has 32 heavy (non-hydrogen) atoms. The van der Waals surface area contributed by atoms with Gasteiger partial charge in [0.1, 0.15) is 5.82 Å². The summed E-state index contributed by atoms with van der Waals surface area (Å²) in [5.74, 6) is 0.801. The fourth-order valence-corrected chi connectivity index (χ4v) is 3.61. The van der Waals surface area contributed by atoms with Gasteiger partial charge in [0.15, 0.2) is 0 Å². The molecule has 7 heteroatoms. The Balaban J connectivity index is 1.62. The van der Waals surface area contributed by atoms with E-state index in [-0.39, 0.29) is 5.91 Å². The van der Waals surface area contributed by atoms with Gasteiger partial charge in [-0.05, 0) is 37.9 Å². The number of carbonyl (C=O) groups is 1. The standard InChI is InChI=1S/C25H23N5O2/c1-18-28-16-24(21-5-3-19(15-26)4-6-21)30(18)17-23(27-2)20-7-9-22(10-8-20)25(31)29-11-13-32-14-12-29/h3-10,16-17H,2,11-14H2,1H3/b23-17-. The molecule has 0 unspecified atom stereocenters. The molecular weight excluding hydrogens is 402 g/mol. The Hall–Kier alpha value is -4.02. The average Bonchev–Trinajstić information content (AvgIpc) is 3.22. The molecule has 0 radical (unpaired) electrons. The first-order valence-electron chi connectivity index (χ1n) is 10.3. The highest BCUT2D eigenvalue weighted by Gasteiger charge is 2.18. The van der Waals surface area contributed by atoms with Crippen molar-refractivity contribution in [2.45, 2.75) is 6.92 Å². The predicted octanol–water partition coefficient (Wildman–Crippen LogP) is 3.86. The van der Waals surface area contributed by atoms with E-state index in [1.807, 2.05) is 54.1 Å². The quantitative estimate of drug-likeness (QED) is 0.581. The third kappa shape index (κ3) is 4.36. The van der Waals surface area contributed by atoms with Gasteiger partial charge in [-0.3, -0.25) is 9.79 Å². The lowest BCUT2D eigenvalue weighted by Crippen LogP contribution is -2.40. The van der Waals surface area contributed by atoms with Gasteiger partial charge in [0.05, 0.1) is 42.4 Å². The molecule has 160 valence electrons. The van der Waals surface area contributed by atoms with Crippen molar-refractivity contribution in [3.05, 3.63) is 77.2 Å². The van der Waals surface area contributed by atoms with Gasteiger partial charge in [0, 0.05) is 36.0 Å². The fraction of sp³-hybridized carbons (Fsp3) is 0.200. The molecule has 1 fully saturated rings. The number of rotatable bonds is 5. The summed E-state index contributed by atoms with van der Waals surface area (Å²) in [5, 5.41) is 9.04. The SMILES string of the molecule is C=N/C(=C\n1c(-c2ccc(C#N)cc2)cnc1C)c1ccc(C(=O)N2CCOCC2)cc1. The van der Waals surface area contributed by atoms with Gasteiger partial charge in [0.2, 0.25) is 0 Å². The highest BCUT2D eigenvalue weighted by atomic mass is 16.5. The van der Waals surface area contributed by atoms with Crippen LogP contribution in [-0.2, 0) is 4.74 Å². The third-order valence-electron chi connectivity index (χ3n) is 5.44. The highest BCUT2D eigenvalue weighted by Crippen LogP contribution is 2.25. The van der Waals surface area contributed by atoms with Crippen LogP contribution in [0.4, 0.5) is 0 Å². The van der Waals surface area contributed by atoms with Crippen molar-refractivity contribution in [1.82, 2.24) is 14.5 Å². The van der Waals surface area contributed by atoms with Crippen molar-refractivity contribution in [2.24, 2.45) is 4.99 Å². The number of ether oxygens (including phenoxy) is 1. The Morgan fingerprint density at radius 1 is 1.12 bits per heavy atom. The Labute approximate surface area is 186 Å². The second-order valence-electron chi connectivity index (χ2n) is 7.40. The second kappa shape index (κ2) is 9.41. The minimum atomic E-state index is 0.00509. The number of nitrogens with zero attached hydrogens (tertiary/aromatic N) is 5. The number of carbonyl (C=O) groups excluding carboxylic acids is 1. The van der Waals surface area contributed by atoms with Crippen molar-refractivity contribution in [3.8, 4) is 17.3 Å². The van der Waals surface area contributed by atoms with Crippen LogP contribution in [0.15, 0.2) is 59.7 Å². The van der Waals surface area contributed by atoms with Crippen LogP contribution < -0.4 is 0 Å². The molecule has 1 aliphatic rings. The first-order chi connectivity index (χ1) is 15.6. The van der Waals surface area contributed by atoms with Crippen LogP contribution in [0.1, 0.15) is 27.3 Å². The number of aromatic nitrogens is 2. The summed E-state index contributed by atoms with van der Waals surface area (Å²) in [6.07, 6.45) is 3.67. The van der Waals surface area contributed by atoms with Gasteiger partial charge in [0.25, 0.3) is 5.91 Å². The van der Waals surface area contributed by atoms with Crippen molar-refractivity contribution in [1.29, 1.82) is 5.26 Å². The summed E-state index contributed by atoms with van der Waals surface area (Å²) in [4.78, 5) is 23.1. The van der Waals surface area contributed by atoms with Gasteiger partial charge in [-0.15, -0.1) is 0 Å². The molecule has 0 aliphatic carbocycles. The lowest BCUT2D eigenvalue weighted by molar-refractivity contribution is 0.0303. The maximum Gasteiger partial charge on any atom is 0.254 e. The van der Waals surface area contributed by atoms with Crippen LogP contribution in [0.25, 0.3) is 23.2 Å². The van der Waals surface area contributed by atoms with Crippen LogP contribution in [0, 0.1) is 18.3 Å². The summed E-state index contributed by atoms with van der Waals surface area (Å²) >= 11 is 0. The van der Waals surface area contributed by atoms with Crippen LogP contribution in [0.3, 0.4) is 0 Å². The number of benzene rings is 2. The van der Waals surface area contributed by atoms with Gasteiger partial charge in [-0.25, -0.2) is 4.98 Å². The Bertz CT molecular complexity index is 1190. The number of hydrogen-bond acceptors (Lipinski definition) is 5. The van der Waals surface area contributed by atoms with E-state index in [4.69, 9.17) is 10.00 Å². The van der Waals surface area contributed by atoms with E-state index >= 15 is 0 Å². The monoisotopic (exact) mass is 425 g/mol. The molecule has 0 atom stereocenters. The molecule has 1 aliphatic heterocycles. The molecule has 4 rings (SSSR count). The topological polar surface area (TPSA) is 83.5 Å². The molecule has 1 saturated heterocycles. The van der Waals surface area contributed by atoms with Crippen LogP contribution in [-0.4, -0.2) is 53.4 Å². The number of amides is 1. The molecule has 2 aromatic carbocycles. The first kappa shape index (κ1) is 21.2. The van der Waals surface area contributed by atoms with Gasteiger partial charge in [-0.1, -0.05) is 24.3 Å². The third-order valence-corrected chi connectivity index (χ3v) is 5.44. The van der Waals surface area contributed by atoms with E-state index in [0.29, 0.717) is 43.1 Å². The van der Waals surface area contributed by atoms with Crippen molar-refractivity contribution < 1.29 is 9.53 Å². The van der Waals surface area contributed by atoms with Crippen LogP contribution in [0.5, 0.6) is 0 Å². The summed E-state index contributed by atoms with van der Waals surface area (Å²) in [6.45, 7) is 8.00. The highest BCUT2D eigenvalue weighted by molar-refractivity contribution is 5.95. The minimum Gasteiger partial charge on any atom is -0.378 e. The largest absolute Gasteiger partial charge is 0.378 e. The van der Waals surface area contributed by atoms with E-state index in [0.717, 1.165) is 22.6 Å². The van der Waals surface area contributed by atoms with E-state index in [2.05, 4.69) is 22.8 Å². The van der Waals surface area contributed by atoms with Gasteiger partial charge >= 0.3 is 0 Å². The molecule has 1 amide bonds. The van der Waals surface area contributed by atoms with Crippen molar-refractivity contribution in [2.75, 3.05) is 26.3 Å². The summed E-state index contributed by atoms with van der Waals surface area (Å²) < 4.78 is 7.26. The van der Waals surface area contributed by atoms with E-state index < -0.39 is 0 Å². The maximum absolute atomic E-state index is 12.7. The maximum atomic E-state index is 12.7. The molecule has 2 heterocycles. The molecule has 0 bridgehead atoms. The van der Waals surface area contributed by atoms with E-state index in [1.165, 1.54) is 0 Å². The number of hydrogen-bond donors (Lipinski definition) is 0. The number of morpholine rings is 1. The predicted molar refractivity (Wildman–Crippen MR) is 124 cm³/mol. The number of imidazole rings is 1. The lowest BCUT2D eigenvalue weighted by Gasteiger charge is -2.26. The molecular formula is C25H23N5O2. The van der Waals surface area contributed by atoms with Crippen LogP contribution >= 0.6 is 0 Å². The van der Waals surface area contributed by atoms with E-state index in [1.54, 1.807) is 23.2 Å². The zero-order valence-corrected chi connectivity index (χ0v) is 17.9. The number of aryl methyl sites for hydroxylation is 1. The van der Waals surface area contributed by atoms with Gasteiger partial charge in [-0.2, -0.15) is 5.26 Å². The molecule has 0 N–H and O–H groups in total. The molecule has 3 aromatic rings. The summed E-state index contributed by atoms with van der Waals surface area (Å²) in [7, 11) is 0. The van der Waals surface area contributed by atoms with Gasteiger partial charge < -0.3 is 14.2 Å². The van der Waals surface area contributed by atoms with Crippen molar-refractivity contribution in [3.63, 3.8) is 0 Å². The Morgan fingerprint density at radius 2 is 1.78 bits per heavy atom. The Morgan fingerprint density at radius 3 is 2.41 bits per heavy atom. The summed E-state index contributed by atoms with van der Waals surface area (Å²) in [5.41, 5.74) is 4.56.